The summed E-state index contributed by atoms with van der Waals surface area (Å²) >= 11 is 0. The van der Waals surface area contributed by atoms with E-state index in [9.17, 15) is 4.79 Å². The molecule has 0 saturated carbocycles. The van der Waals surface area contributed by atoms with Crippen LogP contribution in [0.15, 0.2) is 24.3 Å². The van der Waals surface area contributed by atoms with Crippen LogP contribution in [0.2, 0.25) is 0 Å². The van der Waals surface area contributed by atoms with Crippen molar-refractivity contribution in [3.05, 3.63) is 46.8 Å². The van der Waals surface area contributed by atoms with Crippen molar-refractivity contribution in [1.29, 1.82) is 0 Å². The first kappa shape index (κ1) is 17.5. The minimum atomic E-state index is -0.211. The number of urea groups is 1. The molecule has 1 aliphatic rings. The highest BCUT2D eigenvalue weighted by Gasteiger charge is 2.18. The summed E-state index contributed by atoms with van der Waals surface area (Å²) in [6.45, 7) is 7.98. The Morgan fingerprint density at radius 2 is 2.04 bits per heavy atom. The highest BCUT2D eigenvalue weighted by molar-refractivity contribution is 5.90. The molecule has 0 bridgehead atoms. The van der Waals surface area contributed by atoms with Gasteiger partial charge in [0, 0.05) is 13.2 Å². The van der Waals surface area contributed by atoms with E-state index in [-0.39, 0.29) is 12.1 Å². The van der Waals surface area contributed by atoms with Crippen molar-refractivity contribution in [1.82, 2.24) is 15.1 Å². The Morgan fingerprint density at radius 1 is 1.28 bits per heavy atom. The summed E-state index contributed by atoms with van der Waals surface area (Å²) in [5.41, 5.74) is 4.96. The number of rotatable bonds is 5. The molecule has 0 aliphatic carbocycles. The maximum atomic E-state index is 12.2. The van der Waals surface area contributed by atoms with Gasteiger partial charge in [0.25, 0.3) is 0 Å². The maximum absolute atomic E-state index is 12.2. The van der Waals surface area contributed by atoms with Crippen LogP contribution in [0.1, 0.15) is 35.4 Å². The molecule has 1 fully saturated rings. The van der Waals surface area contributed by atoms with Gasteiger partial charge >= 0.3 is 6.03 Å². The molecule has 1 aromatic carbocycles. The molecule has 2 heterocycles. The normalized spacial score (nSPS) is 16.8. The van der Waals surface area contributed by atoms with E-state index < -0.39 is 0 Å². The first-order valence-electron chi connectivity index (χ1n) is 8.79. The maximum Gasteiger partial charge on any atom is 0.319 e. The van der Waals surface area contributed by atoms with Crippen molar-refractivity contribution in [3.63, 3.8) is 0 Å². The molecule has 1 saturated heterocycles. The molecule has 6 nitrogen and oxygen atoms in total. The van der Waals surface area contributed by atoms with Crippen molar-refractivity contribution in [2.75, 3.05) is 18.5 Å². The van der Waals surface area contributed by atoms with Gasteiger partial charge in [0.15, 0.2) is 0 Å². The summed E-state index contributed by atoms with van der Waals surface area (Å²) in [4.78, 5) is 12.2. The van der Waals surface area contributed by atoms with Crippen molar-refractivity contribution in [2.24, 2.45) is 0 Å². The van der Waals surface area contributed by atoms with E-state index in [2.05, 4.69) is 46.9 Å². The molecule has 0 unspecified atom stereocenters. The SMILES string of the molecule is Cc1ccc(Cn2nc(C)c(NC(=O)NC[C@H]3CCCO3)c2C)cc1. The highest BCUT2D eigenvalue weighted by Crippen LogP contribution is 2.20. The predicted octanol–water partition coefficient (Wildman–Crippen LogP) is 3.16. The van der Waals surface area contributed by atoms with Gasteiger partial charge in [-0.3, -0.25) is 4.68 Å². The number of nitrogens with zero attached hydrogens (tertiary/aromatic N) is 2. The fourth-order valence-electron chi connectivity index (χ4n) is 3.07. The summed E-state index contributed by atoms with van der Waals surface area (Å²) in [5, 5.41) is 10.4. The van der Waals surface area contributed by atoms with Crippen LogP contribution < -0.4 is 10.6 Å². The Balaban J connectivity index is 1.62. The fourth-order valence-corrected chi connectivity index (χ4v) is 3.07. The summed E-state index contributed by atoms with van der Waals surface area (Å²) in [6, 6.07) is 8.19. The van der Waals surface area contributed by atoms with Crippen LogP contribution in [-0.2, 0) is 11.3 Å². The average molecular weight is 342 g/mol. The highest BCUT2D eigenvalue weighted by atomic mass is 16.5. The molecule has 1 aliphatic heterocycles. The van der Waals surface area contributed by atoms with Crippen LogP contribution in [0.5, 0.6) is 0 Å². The van der Waals surface area contributed by atoms with Crippen LogP contribution in [0.25, 0.3) is 0 Å². The largest absolute Gasteiger partial charge is 0.376 e. The molecular weight excluding hydrogens is 316 g/mol. The zero-order valence-corrected chi connectivity index (χ0v) is 15.1. The van der Waals surface area contributed by atoms with E-state index in [1.165, 1.54) is 11.1 Å². The third-order valence-corrected chi connectivity index (χ3v) is 4.59. The molecule has 1 atom stereocenters. The third-order valence-electron chi connectivity index (χ3n) is 4.59. The first-order chi connectivity index (χ1) is 12.0. The Morgan fingerprint density at radius 3 is 2.72 bits per heavy atom. The van der Waals surface area contributed by atoms with Gasteiger partial charge in [0.2, 0.25) is 0 Å². The molecule has 134 valence electrons. The third kappa shape index (κ3) is 4.39. The second kappa shape index (κ2) is 7.70. The minimum absolute atomic E-state index is 0.136. The van der Waals surface area contributed by atoms with Gasteiger partial charge in [-0.25, -0.2) is 4.79 Å². The fraction of sp³-hybridized carbons (Fsp3) is 0.474. The van der Waals surface area contributed by atoms with E-state index in [1.54, 1.807) is 0 Å². The van der Waals surface area contributed by atoms with Gasteiger partial charge in [-0.1, -0.05) is 29.8 Å². The Hall–Kier alpha value is -2.34. The average Bonchev–Trinajstić information content (AvgIpc) is 3.19. The lowest BCUT2D eigenvalue weighted by atomic mass is 10.1. The molecule has 3 rings (SSSR count). The number of nitrogens with one attached hydrogen (secondary N) is 2. The van der Waals surface area contributed by atoms with E-state index in [4.69, 9.17) is 4.74 Å². The lowest BCUT2D eigenvalue weighted by molar-refractivity contribution is 0.112. The monoisotopic (exact) mass is 342 g/mol. The van der Waals surface area contributed by atoms with Gasteiger partial charge < -0.3 is 15.4 Å². The Labute approximate surface area is 148 Å². The smallest absolute Gasteiger partial charge is 0.319 e. The van der Waals surface area contributed by atoms with Gasteiger partial charge in [-0.2, -0.15) is 5.10 Å². The molecule has 2 aromatic rings. The molecule has 25 heavy (non-hydrogen) atoms. The van der Waals surface area contributed by atoms with Crippen LogP contribution in [0.4, 0.5) is 10.5 Å². The van der Waals surface area contributed by atoms with Crippen LogP contribution in [-0.4, -0.2) is 35.1 Å². The summed E-state index contributed by atoms with van der Waals surface area (Å²) in [5.74, 6) is 0. The van der Waals surface area contributed by atoms with Crippen LogP contribution >= 0.6 is 0 Å². The summed E-state index contributed by atoms with van der Waals surface area (Å²) < 4.78 is 7.45. The van der Waals surface area contributed by atoms with Crippen molar-refractivity contribution >= 4 is 11.7 Å². The quantitative estimate of drug-likeness (QED) is 0.877. The zero-order valence-electron chi connectivity index (χ0n) is 15.1. The molecule has 2 amide bonds. The molecule has 2 N–H and O–H groups in total. The standard InChI is InChI=1S/C19H26N4O2/c1-13-6-8-16(9-7-13)12-23-15(3)18(14(2)22-23)21-19(24)20-11-17-5-4-10-25-17/h6-9,17H,4-5,10-12H2,1-3H3,(H2,20,21,24)/t17-/m1/s1. The van der Waals surface area contributed by atoms with Gasteiger partial charge in [-0.15, -0.1) is 0 Å². The minimum Gasteiger partial charge on any atom is -0.376 e. The lowest BCUT2D eigenvalue weighted by Gasteiger charge is -2.12. The van der Waals surface area contributed by atoms with Crippen LogP contribution in [0.3, 0.4) is 0 Å². The van der Waals surface area contributed by atoms with E-state index >= 15 is 0 Å². The number of amides is 2. The number of aryl methyl sites for hydroxylation is 2. The second-order valence-corrected chi connectivity index (χ2v) is 6.66. The molecule has 1 aromatic heterocycles. The Kier molecular flexibility index (Phi) is 5.38. The second-order valence-electron chi connectivity index (χ2n) is 6.66. The molecule has 0 spiro atoms. The topological polar surface area (TPSA) is 68.2 Å². The van der Waals surface area contributed by atoms with E-state index in [1.807, 2.05) is 18.5 Å². The molecular formula is C19H26N4O2. The summed E-state index contributed by atoms with van der Waals surface area (Å²) in [7, 11) is 0. The number of hydrogen-bond acceptors (Lipinski definition) is 3. The van der Waals surface area contributed by atoms with Gasteiger partial charge in [0.1, 0.15) is 0 Å². The van der Waals surface area contributed by atoms with E-state index in [0.29, 0.717) is 13.1 Å². The van der Waals surface area contributed by atoms with Crippen molar-refractivity contribution in [3.8, 4) is 0 Å². The number of ether oxygens (including phenoxy) is 1. The van der Waals surface area contributed by atoms with Gasteiger partial charge in [0.05, 0.1) is 29.7 Å². The summed E-state index contributed by atoms with van der Waals surface area (Å²) in [6.07, 6.45) is 2.21. The van der Waals surface area contributed by atoms with E-state index in [0.717, 1.165) is 36.5 Å². The van der Waals surface area contributed by atoms with Crippen molar-refractivity contribution < 1.29 is 9.53 Å². The van der Waals surface area contributed by atoms with Gasteiger partial charge in [-0.05, 0) is 39.2 Å². The van der Waals surface area contributed by atoms with Crippen molar-refractivity contribution in [2.45, 2.75) is 46.3 Å². The number of aromatic nitrogens is 2. The number of benzene rings is 1. The molecule has 0 radical (unpaired) electrons. The number of carbonyl (C=O) groups is 1. The Bertz CT molecular complexity index is 731. The lowest BCUT2D eigenvalue weighted by Crippen LogP contribution is -2.35. The molecule has 6 heteroatoms. The number of carbonyl (C=O) groups excluding carboxylic acids is 1. The predicted molar refractivity (Wildman–Crippen MR) is 98.0 cm³/mol. The van der Waals surface area contributed by atoms with Crippen LogP contribution in [0, 0.1) is 20.8 Å². The number of anilines is 1. The first-order valence-corrected chi connectivity index (χ1v) is 8.79. The zero-order chi connectivity index (χ0) is 17.8. The number of hydrogen-bond donors (Lipinski definition) is 2.